The fraction of sp³-hybridized carbons (Fsp3) is 0.259. The Morgan fingerprint density at radius 3 is 2.81 bits per heavy atom. The number of furan rings is 1. The lowest BCUT2D eigenvalue weighted by Crippen LogP contribution is -2.31. The standard InChI is InChI=1S/C27H26N2O7S/c1-4-6-13-34-18-10-7-9-17(15-18)21-20(22(30)19-11-8-14-35-19)23(31)25(32)29(21)27-28-16(3)24(37-27)26(33)36-12-5-2/h5,7-11,14-15,21,31H,2,4,6,12-13H2,1,3H3. The number of Topliss-reactive ketones (excluding diaryl/α,β-unsaturated/α-hetero) is 1. The first kappa shape index (κ1) is 25.9. The van der Waals surface area contributed by atoms with Crippen molar-refractivity contribution in [2.45, 2.75) is 32.7 Å². The number of aryl methyl sites for hydroxylation is 1. The Labute approximate surface area is 217 Å². The normalized spacial score (nSPS) is 15.2. The highest BCUT2D eigenvalue weighted by atomic mass is 32.1. The summed E-state index contributed by atoms with van der Waals surface area (Å²) in [6.45, 7) is 7.73. The summed E-state index contributed by atoms with van der Waals surface area (Å²) in [5.74, 6) is -2.26. The molecule has 9 nitrogen and oxygen atoms in total. The Morgan fingerprint density at radius 1 is 1.30 bits per heavy atom. The van der Waals surface area contributed by atoms with Crippen molar-refractivity contribution in [1.82, 2.24) is 4.98 Å². The third-order valence-corrected chi connectivity index (χ3v) is 6.78. The lowest BCUT2D eigenvalue weighted by atomic mass is 9.95. The Bertz CT molecular complexity index is 1360. The van der Waals surface area contributed by atoms with E-state index in [1.54, 1.807) is 37.3 Å². The first-order chi connectivity index (χ1) is 17.9. The van der Waals surface area contributed by atoms with Gasteiger partial charge < -0.3 is 19.0 Å². The molecule has 1 unspecified atom stereocenters. The molecule has 0 spiro atoms. The summed E-state index contributed by atoms with van der Waals surface area (Å²) < 4.78 is 16.2. The fourth-order valence-electron chi connectivity index (χ4n) is 3.87. The number of aliphatic hydroxyl groups excluding tert-OH is 1. The van der Waals surface area contributed by atoms with Crippen LogP contribution in [-0.2, 0) is 9.53 Å². The van der Waals surface area contributed by atoms with E-state index in [0.29, 0.717) is 23.6 Å². The zero-order valence-corrected chi connectivity index (χ0v) is 21.2. The summed E-state index contributed by atoms with van der Waals surface area (Å²) in [6, 6.07) is 8.93. The minimum Gasteiger partial charge on any atom is -0.503 e. The highest BCUT2D eigenvalue weighted by molar-refractivity contribution is 7.17. The van der Waals surface area contributed by atoms with Crippen molar-refractivity contribution in [2.75, 3.05) is 18.1 Å². The topological polar surface area (TPSA) is 119 Å². The zero-order valence-electron chi connectivity index (χ0n) is 20.4. The predicted octanol–water partition coefficient (Wildman–Crippen LogP) is 5.35. The maximum atomic E-state index is 13.4. The van der Waals surface area contributed by atoms with Gasteiger partial charge in [-0.1, -0.05) is 49.5 Å². The molecule has 10 heteroatoms. The van der Waals surface area contributed by atoms with E-state index in [1.807, 2.05) is 0 Å². The number of thiazole rings is 1. The number of esters is 1. The second kappa shape index (κ2) is 11.3. The average Bonchev–Trinajstić information content (AvgIpc) is 3.62. The van der Waals surface area contributed by atoms with E-state index in [1.165, 1.54) is 23.3 Å². The number of nitrogens with zero attached hydrogens (tertiary/aromatic N) is 2. The minimum absolute atomic E-state index is 0.0196. The van der Waals surface area contributed by atoms with Crippen LogP contribution in [0.15, 0.2) is 71.1 Å². The van der Waals surface area contributed by atoms with Crippen molar-refractivity contribution in [3.8, 4) is 5.75 Å². The number of carbonyl (C=O) groups is 3. The van der Waals surface area contributed by atoms with Gasteiger partial charge in [0.05, 0.1) is 30.2 Å². The minimum atomic E-state index is -1.04. The number of hydrogen-bond acceptors (Lipinski definition) is 9. The number of aliphatic hydroxyl groups is 1. The number of carbonyl (C=O) groups excluding carboxylic acids is 3. The maximum Gasteiger partial charge on any atom is 0.350 e. The third kappa shape index (κ3) is 5.19. The van der Waals surface area contributed by atoms with Crippen molar-refractivity contribution < 1.29 is 33.4 Å². The maximum absolute atomic E-state index is 13.4. The number of amides is 1. The van der Waals surface area contributed by atoms with E-state index in [0.717, 1.165) is 24.2 Å². The molecule has 0 fully saturated rings. The summed E-state index contributed by atoms with van der Waals surface area (Å²) in [6.07, 6.45) is 4.61. The van der Waals surface area contributed by atoms with E-state index in [4.69, 9.17) is 13.9 Å². The second-order valence-electron chi connectivity index (χ2n) is 8.22. The summed E-state index contributed by atoms with van der Waals surface area (Å²) in [4.78, 5) is 45.1. The summed E-state index contributed by atoms with van der Waals surface area (Å²) in [7, 11) is 0. The molecule has 0 saturated heterocycles. The molecule has 0 radical (unpaired) electrons. The van der Waals surface area contributed by atoms with Gasteiger partial charge in [-0.05, 0) is 43.2 Å². The van der Waals surface area contributed by atoms with E-state index in [2.05, 4.69) is 18.5 Å². The molecule has 1 aliphatic rings. The highest BCUT2D eigenvalue weighted by Crippen LogP contribution is 2.44. The van der Waals surface area contributed by atoms with Gasteiger partial charge in [0.1, 0.15) is 17.2 Å². The van der Waals surface area contributed by atoms with E-state index < -0.39 is 29.5 Å². The van der Waals surface area contributed by atoms with E-state index in [-0.39, 0.29) is 27.9 Å². The van der Waals surface area contributed by atoms with Crippen LogP contribution in [0.2, 0.25) is 0 Å². The van der Waals surface area contributed by atoms with Crippen LogP contribution >= 0.6 is 11.3 Å². The van der Waals surface area contributed by atoms with E-state index in [9.17, 15) is 19.5 Å². The van der Waals surface area contributed by atoms with Gasteiger partial charge in [-0.25, -0.2) is 9.78 Å². The number of aromatic nitrogens is 1. The fourth-order valence-corrected chi connectivity index (χ4v) is 4.86. The first-order valence-electron chi connectivity index (χ1n) is 11.7. The molecule has 37 heavy (non-hydrogen) atoms. The van der Waals surface area contributed by atoms with Gasteiger partial charge in [0.15, 0.2) is 16.7 Å². The second-order valence-corrected chi connectivity index (χ2v) is 9.20. The Hall–Kier alpha value is -4.18. The van der Waals surface area contributed by atoms with Crippen LogP contribution in [0.4, 0.5) is 5.13 Å². The van der Waals surface area contributed by atoms with Crippen LogP contribution in [0.25, 0.3) is 0 Å². The molecule has 2 aromatic heterocycles. The van der Waals surface area contributed by atoms with Gasteiger partial charge in [-0.15, -0.1) is 0 Å². The zero-order chi connectivity index (χ0) is 26.5. The molecule has 1 N–H and O–H groups in total. The van der Waals surface area contributed by atoms with Gasteiger partial charge in [0.25, 0.3) is 5.91 Å². The number of unbranched alkanes of at least 4 members (excludes halogenated alkanes) is 1. The molecule has 1 atom stereocenters. The van der Waals surface area contributed by atoms with E-state index >= 15 is 0 Å². The molecule has 0 bridgehead atoms. The number of anilines is 1. The van der Waals surface area contributed by atoms with Crippen LogP contribution in [0, 0.1) is 6.92 Å². The predicted molar refractivity (Wildman–Crippen MR) is 137 cm³/mol. The molecule has 1 aliphatic heterocycles. The quantitative estimate of drug-likeness (QED) is 0.155. The summed E-state index contributed by atoms with van der Waals surface area (Å²) >= 11 is 0.933. The number of hydrogen-bond donors (Lipinski definition) is 1. The largest absolute Gasteiger partial charge is 0.503 e. The summed E-state index contributed by atoms with van der Waals surface area (Å²) in [5.41, 5.74) is 0.710. The highest BCUT2D eigenvalue weighted by Gasteiger charge is 2.47. The number of rotatable bonds is 11. The van der Waals surface area contributed by atoms with Crippen molar-refractivity contribution in [1.29, 1.82) is 0 Å². The van der Waals surface area contributed by atoms with Gasteiger partial charge in [0.2, 0.25) is 5.78 Å². The molecular weight excluding hydrogens is 496 g/mol. The molecule has 4 rings (SSSR count). The van der Waals surface area contributed by atoms with Gasteiger partial charge >= 0.3 is 5.97 Å². The van der Waals surface area contributed by atoms with Gasteiger partial charge in [-0.2, -0.15) is 0 Å². The smallest absolute Gasteiger partial charge is 0.350 e. The van der Waals surface area contributed by atoms with Crippen molar-refractivity contribution in [3.05, 3.63) is 88.5 Å². The number of ether oxygens (including phenoxy) is 2. The number of ketones is 1. The SMILES string of the molecule is C=CCOC(=O)c1sc(N2C(=O)C(O)=C(C(=O)c3ccco3)C2c2cccc(OCCCC)c2)nc1C. The Morgan fingerprint density at radius 2 is 2.11 bits per heavy atom. The molecular formula is C27H26N2O7S. The molecule has 3 aromatic rings. The van der Waals surface area contributed by atoms with Crippen LogP contribution in [0.1, 0.15) is 57.3 Å². The average molecular weight is 523 g/mol. The first-order valence-corrected chi connectivity index (χ1v) is 12.5. The van der Waals surface area contributed by atoms with Gasteiger partial charge in [-0.3, -0.25) is 14.5 Å². The molecule has 3 heterocycles. The number of benzene rings is 1. The molecule has 1 amide bonds. The molecule has 1 aromatic carbocycles. The van der Waals surface area contributed by atoms with Crippen molar-refractivity contribution in [2.24, 2.45) is 0 Å². The lowest BCUT2D eigenvalue weighted by molar-refractivity contribution is -0.117. The van der Waals surface area contributed by atoms with Crippen molar-refractivity contribution >= 4 is 34.1 Å². The Kier molecular flexibility index (Phi) is 7.88. The monoisotopic (exact) mass is 522 g/mol. The van der Waals surface area contributed by atoms with Crippen LogP contribution in [-0.4, -0.2) is 41.0 Å². The van der Waals surface area contributed by atoms with Crippen LogP contribution in [0.5, 0.6) is 5.75 Å². The Balaban J connectivity index is 1.79. The lowest BCUT2D eigenvalue weighted by Gasteiger charge is -2.24. The molecule has 0 saturated carbocycles. The van der Waals surface area contributed by atoms with Crippen molar-refractivity contribution in [3.63, 3.8) is 0 Å². The summed E-state index contributed by atoms with van der Waals surface area (Å²) in [5, 5.41) is 11.0. The third-order valence-electron chi connectivity index (χ3n) is 5.65. The van der Waals surface area contributed by atoms with Gasteiger partial charge in [0, 0.05) is 0 Å². The molecule has 0 aliphatic carbocycles. The molecule has 192 valence electrons. The van der Waals surface area contributed by atoms with Crippen LogP contribution in [0.3, 0.4) is 0 Å². The van der Waals surface area contributed by atoms with Crippen LogP contribution < -0.4 is 9.64 Å².